The van der Waals surface area contributed by atoms with Crippen LogP contribution in [0.1, 0.15) is 174 Å². The number of esters is 1. The number of carboxylic acid groups (broad SMARTS) is 1. The normalized spacial score (nSPS) is 13.1. The fraction of sp³-hybridized carbons (Fsp3) is 0.667. The standard InChI is InChI=1S/C42H70O4/c1-3-5-7-9-11-13-15-16-17-18-19-20-22-24-26-31-35-39-42(45)46-40(37-33-29-27-30-34-38-41(43)44)36-32-28-25-23-21-14-12-10-8-6-4-2/h5,7,11-14,16-17,19-20,23,25,40H,3-4,6,8-10,15,18,21-22,24,26-39H2,1-2H3,(H,43,44)/b7-5-,13-11-,14-12-,17-16-,20-19-,25-23-. The molecule has 1 unspecified atom stereocenters. The van der Waals surface area contributed by atoms with Gasteiger partial charge in [0.15, 0.2) is 0 Å². The highest BCUT2D eigenvalue weighted by Crippen LogP contribution is 2.17. The van der Waals surface area contributed by atoms with Gasteiger partial charge in [-0.2, -0.15) is 0 Å². The van der Waals surface area contributed by atoms with E-state index in [0.717, 1.165) is 116 Å². The Morgan fingerprint density at radius 2 is 0.935 bits per heavy atom. The van der Waals surface area contributed by atoms with Crippen LogP contribution in [0.4, 0.5) is 0 Å². The molecule has 1 atom stereocenters. The first-order chi connectivity index (χ1) is 22.6. The van der Waals surface area contributed by atoms with E-state index in [-0.39, 0.29) is 18.5 Å². The summed E-state index contributed by atoms with van der Waals surface area (Å²) in [6, 6.07) is 0. The van der Waals surface area contributed by atoms with Gasteiger partial charge in [0.2, 0.25) is 0 Å². The molecule has 0 aliphatic heterocycles. The number of rotatable bonds is 33. The van der Waals surface area contributed by atoms with Crippen molar-refractivity contribution in [3.8, 4) is 0 Å². The van der Waals surface area contributed by atoms with Crippen LogP contribution in [0.5, 0.6) is 0 Å². The van der Waals surface area contributed by atoms with Crippen LogP contribution in [0, 0.1) is 0 Å². The second kappa shape index (κ2) is 36.8. The van der Waals surface area contributed by atoms with Crippen molar-refractivity contribution < 1.29 is 19.4 Å². The molecular weight excluding hydrogens is 568 g/mol. The number of ether oxygens (including phenoxy) is 1. The summed E-state index contributed by atoms with van der Waals surface area (Å²) in [5, 5.41) is 8.80. The predicted octanol–water partition coefficient (Wildman–Crippen LogP) is 13.1. The van der Waals surface area contributed by atoms with Gasteiger partial charge >= 0.3 is 11.9 Å². The zero-order valence-corrected chi connectivity index (χ0v) is 29.9. The molecule has 4 heteroatoms. The van der Waals surface area contributed by atoms with E-state index in [9.17, 15) is 9.59 Å². The summed E-state index contributed by atoms with van der Waals surface area (Å²) < 4.78 is 5.95. The molecule has 1 N–H and O–H groups in total. The van der Waals surface area contributed by atoms with E-state index in [2.05, 4.69) is 86.8 Å². The molecule has 0 saturated heterocycles. The van der Waals surface area contributed by atoms with Crippen LogP contribution in [0.25, 0.3) is 0 Å². The fourth-order valence-corrected chi connectivity index (χ4v) is 5.15. The number of aliphatic carboxylic acids is 1. The maximum Gasteiger partial charge on any atom is 0.306 e. The van der Waals surface area contributed by atoms with Crippen molar-refractivity contribution in [3.05, 3.63) is 72.9 Å². The van der Waals surface area contributed by atoms with Crippen LogP contribution >= 0.6 is 0 Å². The lowest BCUT2D eigenvalue weighted by Gasteiger charge is -2.18. The third-order valence-corrected chi connectivity index (χ3v) is 7.91. The quantitative estimate of drug-likeness (QED) is 0.0441. The van der Waals surface area contributed by atoms with Crippen molar-refractivity contribution in [2.24, 2.45) is 0 Å². The van der Waals surface area contributed by atoms with E-state index in [0.29, 0.717) is 6.42 Å². The molecule has 4 nitrogen and oxygen atoms in total. The molecule has 0 radical (unpaired) electrons. The van der Waals surface area contributed by atoms with Crippen LogP contribution in [0.3, 0.4) is 0 Å². The van der Waals surface area contributed by atoms with E-state index >= 15 is 0 Å². The van der Waals surface area contributed by atoms with E-state index in [1.165, 1.54) is 32.1 Å². The zero-order chi connectivity index (χ0) is 33.6. The second-order valence-electron chi connectivity index (χ2n) is 12.4. The molecule has 0 aliphatic rings. The lowest BCUT2D eigenvalue weighted by atomic mass is 10.0. The lowest BCUT2D eigenvalue weighted by molar-refractivity contribution is -0.150. The number of carboxylic acids is 1. The van der Waals surface area contributed by atoms with Gasteiger partial charge in [-0.25, -0.2) is 0 Å². The number of carbonyl (C=O) groups excluding carboxylic acids is 1. The Balaban J connectivity index is 4.17. The third kappa shape index (κ3) is 35.9. The Morgan fingerprint density at radius 1 is 0.500 bits per heavy atom. The summed E-state index contributed by atoms with van der Waals surface area (Å²) in [7, 11) is 0. The molecule has 0 aromatic rings. The predicted molar refractivity (Wildman–Crippen MR) is 199 cm³/mol. The smallest absolute Gasteiger partial charge is 0.306 e. The highest BCUT2D eigenvalue weighted by Gasteiger charge is 2.14. The highest BCUT2D eigenvalue weighted by molar-refractivity contribution is 5.69. The Labute approximate surface area is 284 Å². The number of allylic oxidation sites excluding steroid dienone is 12. The molecule has 0 bridgehead atoms. The Morgan fingerprint density at radius 3 is 1.50 bits per heavy atom. The minimum absolute atomic E-state index is 0.00320. The molecule has 0 fully saturated rings. The molecule has 0 aliphatic carbocycles. The van der Waals surface area contributed by atoms with Crippen LogP contribution in [-0.4, -0.2) is 23.1 Å². The molecule has 46 heavy (non-hydrogen) atoms. The molecule has 0 spiro atoms. The van der Waals surface area contributed by atoms with Crippen molar-refractivity contribution in [1.29, 1.82) is 0 Å². The first-order valence-corrected chi connectivity index (χ1v) is 18.9. The summed E-state index contributed by atoms with van der Waals surface area (Å²) in [6.45, 7) is 4.39. The van der Waals surface area contributed by atoms with Gasteiger partial charge in [-0.3, -0.25) is 9.59 Å². The lowest BCUT2D eigenvalue weighted by Crippen LogP contribution is -2.18. The van der Waals surface area contributed by atoms with Gasteiger partial charge in [0.05, 0.1) is 0 Å². The van der Waals surface area contributed by atoms with Gasteiger partial charge in [0, 0.05) is 12.8 Å². The first-order valence-electron chi connectivity index (χ1n) is 18.9. The Kier molecular flexibility index (Phi) is 34.7. The molecule has 0 saturated carbocycles. The van der Waals surface area contributed by atoms with Gasteiger partial charge in [-0.05, 0) is 103 Å². The summed E-state index contributed by atoms with van der Waals surface area (Å²) in [5.74, 6) is -0.760. The summed E-state index contributed by atoms with van der Waals surface area (Å²) >= 11 is 0. The minimum atomic E-state index is -0.713. The van der Waals surface area contributed by atoms with Gasteiger partial charge in [0.25, 0.3) is 0 Å². The summed E-state index contributed by atoms with van der Waals surface area (Å²) in [4.78, 5) is 23.3. The molecule has 0 rings (SSSR count). The monoisotopic (exact) mass is 639 g/mol. The van der Waals surface area contributed by atoms with E-state index in [1.807, 2.05) is 0 Å². The molecule has 0 aromatic heterocycles. The highest BCUT2D eigenvalue weighted by atomic mass is 16.5. The first kappa shape index (κ1) is 43.4. The molecule has 0 aromatic carbocycles. The third-order valence-electron chi connectivity index (χ3n) is 7.91. The average molecular weight is 639 g/mol. The van der Waals surface area contributed by atoms with Crippen molar-refractivity contribution in [2.75, 3.05) is 0 Å². The SMILES string of the molecule is CC/C=C\C/C=C\C/C=C\C/C=C\CCCCCCC(=O)OC(CCC/C=C\C/C=C\CCCCC)CCCCCCCC(=O)O. The number of hydrogen-bond acceptors (Lipinski definition) is 3. The van der Waals surface area contributed by atoms with Crippen molar-refractivity contribution in [3.63, 3.8) is 0 Å². The number of unbranched alkanes of at least 4 members (excludes halogenated alkanes) is 12. The topological polar surface area (TPSA) is 63.6 Å². The molecular formula is C42H70O4. The van der Waals surface area contributed by atoms with Crippen LogP contribution in [0.15, 0.2) is 72.9 Å². The molecule has 262 valence electrons. The molecule has 0 heterocycles. The van der Waals surface area contributed by atoms with Crippen molar-refractivity contribution in [1.82, 2.24) is 0 Å². The van der Waals surface area contributed by atoms with E-state index in [4.69, 9.17) is 9.84 Å². The summed E-state index contributed by atoms with van der Waals surface area (Å²) in [6.07, 6.45) is 51.9. The number of carbonyl (C=O) groups is 2. The van der Waals surface area contributed by atoms with E-state index in [1.54, 1.807) is 0 Å². The fourth-order valence-electron chi connectivity index (χ4n) is 5.15. The Bertz CT molecular complexity index is 861. The van der Waals surface area contributed by atoms with Crippen LogP contribution in [-0.2, 0) is 14.3 Å². The van der Waals surface area contributed by atoms with Gasteiger partial charge in [-0.1, -0.05) is 132 Å². The average Bonchev–Trinajstić information content (AvgIpc) is 3.04. The number of hydrogen-bond donors (Lipinski definition) is 1. The summed E-state index contributed by atoms with van der Waals surface area (Å²) in [5.41, 5.74) is 0. The van der Waals surface area contributed by atoms with Gasteiger partial charge in [0.1, 0.15) is 6.10 Å². The minimum Gasteiger partial charge on any atom is -0.481 e. The van der Waals surface area contributed by atoms with Crippen LogP contribution < -0.4 is 0 Å². The largest absolute Gasteiger partial charge is 0.481 e. The molecule has 0 amide bonds. The van der Waals surface area contributed by atoms with Gasteiger partial charge < -0.3 is 9.84 Å². The maximum absolute atomic E-state index is 12.6. The van der Waals surface area contributed by atoms with E-state index < -0.39 is 5.97 Å². The Hall–Kier alpha value is -2.62. The zero-order valence-electron chi connectivity index (χ0n) is 29.9. The van der Waals surface area contributed by atoms with Crippen molar-refractivity contribution >= 4 is 11.9 Å². The second-order valence-corrected chi connectivity index (χ2v) is 12.4. The maximum atomic E-state index is 12.6. The van der Waals surface area contributed by atoms with Gasteiger partial charge in [-0.15, -0.1) is 0 Å². The van der Waals surface area contributed by atoms with Crippen molar-refractivity contribution in [2.45, 2.75) is 180 Å². The van der Waals surface area contributed by atoms with Crippen LogP contribution in [0.2, 0.25) is 0 Å².